The molecule has 0 aliphatic heterocycles. The lowest BCUT2D eigenvalue weighted by atomic mass is 10.2. The van der Waals surface area contributed by atoms with E-state index in [9.17, 15) is 4.39 Å². The molecule has 0 amide bonds. The highest BCUT2D eigenvalue weighted by atomic mass is 79.9. The van der Waals surface area contributed by atoms with Crippen molar-refractivity contribution in [3.8, 4) is 0 Å². The topological polar surface area (TPSA) is 70.6 Å². The highest BCUT2D eigenvalue weighted by Crippen LogP contribution is 2.14. The van der Waals surface area contributed by atoms with Crippen LogP contribution in [0.5, 0.6) is 0 Å². The van der Waals surface area contributed by atoms with Gasteiger partial charge in [0.15, 0.2) is 5.84 Å². The van der Waals surface area contributed by atoms with Crippen molar-refractivity contribution in [2.45, 2.75) is 0 Å². The number of hydrogen-bond acceptors (Lipinski definition) is 3. The molecule has 4 nitrogen and oxygen atoms in total. The molecule has 6 heteroatoms. The Morgan fingerprint density at radius 3 is 2.93 bits per heavy atom. The van der Waals surface area contributed by atoms with Crippen LogP contribution in [0.15, 0.2) is 27.8 Å². The number of benzene rings is 1. The Labute approximate surface area is 95.1 Å². The van der Waals surface area contributed by atoms with Gasteiger partial charge in [0.2, 0.25) is 0 Å². The van der Waals surface area contributed by atoms with Gasteiger partial charge in [0.05, 0.1) is 18.7 Å². The summed E-state index contributed by atoms with van der Waals surface area (Å²) in [6, 6.07) is 4.51. The van der Waals surface area contributed by atoms with Gasteiger partial charge in [-0.15, -0.1) is 0 Å². The van der Waals surface area contributed by atoms with Crippen LogP contribution < -0.4 is 11.2 Å². The molecule has 4 N–H and O–H groups in total. The van der Waals surface area contributed by atoms with Gasteiger partial charge >= 0.3 is 0 Å². The zero-order valence-corrected chi connectivity index (χ0v) is 9.46. The van der Waals surface area contributed by atoms with E-state index in [0.717, 1.165) is 0 Å². The van der Waals surface area contributed by atoms with Crippen LogP contribution in [-0.4, -0.2) is 24.1 Å². The van der Waals surface area contributed by atoms with E-state index >= 15 is 0 Å². The summed E-state index contributed by atoms with van der Waals surface area (Å²) in [5.74, 6) is -0.398. The van der Waals surface area contributed by atoms with Crippen molar-refractivity contribution in [2.75, 3.05) is 13.2 Å². The molecular formula is C9H11BrFN3O. The van der Waals surface area contributed by atoms with Crippen molar-refractivity contribution in [2.24, 2.45) is 10.8 Å². The SMILES string of the molecule is N/C(=N\NCCO)c1ccc(Br)cc1F. The number of hydrazone groups is 1. The molecule has 1 rings (SSSR count). The Bertz CT molecular complexity index is 370. The highest BCUT2D eigenvalue weighted by Gasteiger charge is 2.06. The first-order valence-corrected chi connectivity index (χ1v) is 5.06. The lowest BCUT2D eigenvalue weighted by molar-refractivity contribution is 0.293. The Kier molecular flexibility index (Phi) is 4.51. The van der Waals surface area contributed by atoms with E-state index in [4.69, 9.17) is 10.8 Å². The first-order valence-electron chi connectivity index (χ1n) is 4.27. The summed E-state index contributed by atoms with van der Waals surface area (Å²) in [4.78, 5) is 0. The third-order valence-electron chi connectivity index (χ3n) is 1.63. The molecule has 0 saturated carbocycles. The molecule has 0 fully saturated rings. The van der Waals surface area contributed by atoms with E-state index < -0.39 is 5.82 Å². The van der Waals surface area contributed by atoms with Crippen LogP contribution in [0, 0.1) is 5.82 Å². The summed E-state index contributed by atoms with van der Waals surface area (Å²) >= 11 is 3.14. The lowest BCUT2D eigenvalue weighted by Crippen LogP contribution is -2.21. The number of halogens is 2. The molecule has 0 bridgehead atoms. The molecule has 0 radical (unpaired) electrons. The quantitative estimate of drug-likeness (QED) is 0.329. The molecule has 1 aromatic rings. The average Bonchev–Trinajstić information content (AvgIpc) is 2.17. The highest BCUT2D eigenvalue weighted by molar-refractivity contribution is 9.10. The number of amidine groups is 1. The second-order valence-electron chi connectivity index (χ2n) is 2.75. The summed E-state index contributed by atoms with van der Waals surface area (Å²) in [6.45, 7) is 0.221. The van der Waals surface area contributed by atoms with Crippen LogP contribution in [0.25, 0.3) is 0 Å². The number of nitrogens with one attached hydrogen (secondary N) is 1. The first-order chi connectivity index (χ1) is 7.15. The molecule has 0 saturated heterocycles. The van der Waals surface area contributed by atoms with Gasteiger partial charge in [0.25, 0.3) is 0 Å². The van der Waals surface area contributed by atoms with Crippen LogP contribution in [-0.2, 0) is 0 Å². The Balaban J connectivity index is 2.81. The predicted molar refractivity (Wildman–Crippen MR) is 59.9 cm³/mol. The molecular weight excluding hydrogens is 265 g/mol. The van der Waals surface area contributed by atoms with E-state index in [1.165, 1.54) is 12.1 Å². The minimum atomic E-state index is -0.448. The zero-order chi connectivity index (χ0) is 11.3. The smallest absolute Gasteiger partial charge is 0.153 e. The number of rotatable bonds is 4. The van der Waals surface area contributed by atoms with E-state index in [1.807, 2.05) is 0 Å². The molecule has 0 aliphatic carbocycles. The van der Waals surface area contributed by atoms with E-state index in [-0.39, 0.29) is 24.6 Å². The monoisotopic (exact) mass is 275 g/mol. The number of nitrogens with two attached hydrogens (primary N) is 1. The number of aliphatic hydroxyl groups excluding tert-OH is 1. The third kappa shape index (κ3) is 3.49. The van der Waals surface area contributed by atoms with Crippen LogP contribution in [0.3, 0.4) is 0 Å². The summed E-state index contributed by atoms with van der Waals surface area (Å²) in [5.41, 5.74) is 8.27. The fourth-order valence-electron chi connectivity index (χ4n) is 0.949. The van der Waals surface area contributed by atoms with Gasteiger partial charge in [0, 0.05) is 4.47 Å². The van der Waals surface area contributed by atoms with Crippen LogP contribution >= 0.6 is 15.9 Å². The maximum atomic E-state index is 13.3. The minimum Gasteiger partial charge on any atom is -0.394 e. The van der Waals surface area contributed by atoms with Crippen molar-refractivity contribution in [1.82, 2.24) is 5.43 Å². The average molecular weight is 276 g/mol. The standard InChI is InChI=1S/C9H11BrFN3O/c10-6-1-2-7(8(11)5-6)9(12)14-13-3-4-15/h1-2,5,13,15H,3-4H2,(H2,12,14). The predicted octanol–water partition coefficient (Wildman–Crippen LogP) is 0.790. The molecule has 82 valence electrons. The second-order valence-corrected chi connectivity index (χ2v) is 3.67. The van der Waals surface area contributed by atoms with Crippen molar-refractivity contribution in [1.29, 1.82) is 0 Å². The van der Waals surface area contributed by atoms with E-state index in [1.54, 1.807) is 6.07 Å². The normalized spacial score (nSPS) is 11.5. The molecule has 0 heterocycles. The fraction of sp³-hybridized carbons (Fsp3) is 0.222. The molecule has 0 atom stereocenters. The fourth-order valence-corrected chi connectivity index (χ4v) is 1.28. The summed E-state index contributed by atoms with van der Waals surface area (Å²) in [5, 5.41) is 12.2. The minimum absolute atomic E-state index is 0.0495. The molecule has 15 heavy (non-hydrogen) atoms. The molecule has 0 aromatic heterocycles. The van der Waals surface area contributed by atoms with Gasteiger partial charge in [-0.3, -0.25) is 0 Å². The largest absolute Gasteiger partial charge is 0.394 e. The van der Waals surface area contributed by atoms with Crippen molar-refractivity contribution in [3.05, 3.63) is 34.1 Å². The number of aliphatic hydroxyl groups is 1. The molecule has 0 unspecified atom stereocenters. The Hall–Kier alpha value is -1.14. The van der Waals surface area contributed by atoms with Gasteiger partial charge in [-0.05, 0) is 18.2 Å². The molecule has 0 aliphatic rings. The van der Waals surface area contributed by atoms with Gasteiger partial charge in [-0.1, -0.05) is 15.9 Å². The third-order valence-corrected chi connectivity index (χ3v) is 2.12. The van der Waals surface area contributed by atoms with Gasteiger partial charge < -0.3 is 16.3 Å². The summed E-state index contributed by atoms with van der Waals surface area (Å²) < 4.78 is 14.0. The lowest BCUT2D eigenvalue weighted by Gasteiger charge is -2.03. The van der Waals surface area contributed by atoms with Crippen molar-refractivity contribution >= 4 is 21.8 Å². The first kappa shape index (κ1) is 11.9. The van der Waals surface area contributed by atoms with Crippen molar-refractivity contribution < 1.29 is 9.50 Å². The maximum Gasteiger partial charge on any atom is 0.153 e. The van der Waals surface area contributed by atoms with E-state index in [2.05, 4.69) is 26.5 Å². The zero-order valence-electron chi connectivity index (χ0n) is 7.87. The molecule has 1 aromatic carbocycles. The van der Waals surface area contributed by atoms with Gasteiger partial charge in [-0.25, -0.2) is 4.39 Å². The van der Waals surface area contributed by atoms with Crippen LogP contribution in [0.1, 0.15) is 5.56 Å². The molecule has 0 spiro atoms. The second kappa shape index (κ2) is 5.67. The van der Waals surface area contributed by atoms with Crippen LogP contribution in [0.2, 0.25) is 0 Å². The maximum absolute atomic E-state index is 13.3. The number of hydrogen-bond donors (Lipinski definition) is 3. The Morgan fingerprint density at radius 2 is 2.33 bits per heavy atom. The number of nitrogens with zero attached hydrogens (tertiary/aromatic N) is 1. The van der Waals surface area contributed by atoms with Gasteiger partial charge in [0.1, 0.15) is 5.82 Å². The summed E-state index contributed by atoms with van der Waals surface area (Å²) in [7, 11) is 0. The summed E-state index contributed by atoms with van der Waals surface area (Å²) in [6.07, 6.45) is 0. The van der Waals surface area contributed by atoms with Crippen molar-refractivity contribution in [3.63, 3.8) is 0 Å². The van der Waals surface area contributed by atoms with Gasteiger partial charge in [-0.2, -0.15) is 5.10 Å². The Morgan fingerprint density at radius 1 is 1.60 bits per heavy atom. The van der Waals surface area contributed by atoms with Crippen LogP contribution in [0.4, 0.5) is 4.39 Å². The van der Waals surface area contributed by atoms with E-state index in [0.29, 0.717) is 4.47 Å².